The van der Waals surface area contributed by atoms with Crippen molar-refractivity contribution in [1.82, 2.24) is 4.98 Å². The van der Waals surface area contributed by atoms with Gasteiger partial charge < -0.3 is 9.72 Å². The number of benzene rings is 1. The lowest BCUT2D eigenvalue weighted by Crippen LogP contribution is -2.04. The van der Waals surface area contributed by atoms with E-state index >= 15 is 0 Å². The van der Waals surface area contributed by atoms with E-state index in [4.69, 9.17) is 4.74 Å². The van der Waals surface area contributed by atoms with Gasteiger partial charge in [-0.05, 0) is 42.5 Å². The van der Waals surface area contributed by atoms with Gasteiger partial charge in [0, 0.05) is 11.6 Å². The molecule has 0 spiro atoms. The quantitative estimate of drug-likeness (QED) is 0.808. The lowest BCUT2D eigenvalue weighted by atomic mass is 10.2. The second-order valence-corrected chi connectivity index (χ2v) is 3.87. The van der Waals surface area contributed by atoms with E-state index in [9.17, 15) is 4.79 Å². The lowest BCUT2D eigenvalue weighted by Gasteiger charge is -2.04. The van der Waals surface area contributed by atoms with Crippen molar-refractivity contribution in [3.63, 3.8) is 0 Å². The second kappa shape index (κ2) is 3.12. The molecule has 1 saturated carbocycles. The van der Waals surface area contributed by atoms with Gasteiger partial charge in [-0.15, -0.1) is 0 Å². The Balaban J connectivity index is 2.09. The van der Waals surface area contributed by atoms with Crippen LogP contribution in [0.1, 0.15) is 12.8 Å². The summed E-state index contributed by atoms with van der Waals surface area (Å²) in [7, 11) is 0. The molecule has 1 aliphatic carbocycles. The molecule has 3 nitrogen and oxygen atoms in total. The number of rotatable bonds is 2. The van der Waals surface area contributed by atoms with Crippen LogP contribution in [0.15, 0.2) is 35.3 Å². The van der Waals surface area contributed by atoms with Crippen LogP contribution >= 0.6 is 0 Å². The molecule has 0 radical (unpaired) electrons. The highest BCUT2D eigenvalue weighted by Crippen LogP contribution is 2.28. The number of hydrogen-bond acceptors (Lipinski definition) is 2. The zero-order valence-corrected chi connectivity index (χ0v) is 8.19. The largest absolute Gasteiger partial charge is 0.490 e. The molecule has 0 bridgehead atoms. The molecule has 1 fully saturated rings. The minimum Gasteiger partial charge on any atom is -0.490 e. The van der Waals surface area contributed by atoms with Gasteiger partial charge in [0.05, 0.1) is 6.10 Å². The van der Waals surface area contributed by atoms with Gasteiger partial charge in [-0.1, -0.05) is 0 Å². The molecule has 2 aromatic rings. The maximum absolute atomic E-state index is 11.4. The van der Waals surface area contributed by atoms with Crippen molar-refractivity contribution in [3.05, 3.63) is 40.8 Å². The van der Waals surface area contributed by atoms with E-state index in [1.165, 1.54) is 0 Å². The summed E-state index contributed by atoms with van der Waals surface area (Å²) < 4.78 is 5.66. The van der Waals surface area contributed by atoms with Gasteiger partial charge in [0.25, 0.3) is 5.56 Å². The van der Waals surface area contributed by atoms with E-state index in [0.29, 0.717) is 11.5 Å². The molecule has 3 rings (SSSR count). The van der Waals surface area contributed by atoms with Crippen LogP contribution in [0.4, 0.5) is 0 Å². The first-order valence-electron chi connectivity index (χ1n) is 5.11. The average Bonchev–Trinajstić information content (AvgIpc) is 3.02. The standard InChI is InChI=1S/C12H11NO2/c14-12-11-4-3-10(15-9-1-2-9)7-8(11)5-6-13-12/h3-7,9H,1-2H2,(H,13,14). The molecule has 1 aromatic carbocycles. The van der Waals surface area contributed by atoms with Gasteiger partial charge in [0.2, 0.25) is 0 Å². The van der Waals surface area contributed by atoms with Gasteiger partial charge in [0.1, 0.15) is 5.75 Å². The van der Waals surface area contributed by atoms with Crippen LogP contribution in [-0.4, -0.2) is 11.1 Å². The predicted molar refractivity (Wildman–Crippen MR) is 58.2 cm³/mol. The molecule has 3 heteroatoms. The summed E-state index contributed by atoms with van der Waals surface area (Å²) in [5.74, 6) is 0.857. The van der Waals surface area contributed by atoms with Crippen molar-refractivity contribution >= 4 is 10.8 Å². The smallest absolute Gasteiger partial charge is 0.255 e. The third-order valence-corrected chi connectivity index (χ3v) is 2.57. The SMILES string of the molecule is O=c1[nH]ccc2cc(OC3CC3)ccc12. The van der Waals surface area contributed by atoms with Crippen LogP contribution in [0.25, 0.3) is 10.8 Å². The summed E-state index contributed by atoms with van der Waals surface area (Å²) in [5, 5.41) is 1.64. The molecule has 0 aliphatic heterocycles. The monoisotopic (exact) mass is 201 g/mol. The first-order valence-corrected chi connectivity index (χ1v) is 5.11. The Kier molecular flexibility index (Phi) is 1.78. The Morgan fingerprint density at radius 2 is 2.13 bits per heavy atom. The number of aromatic amines is 1. The summed E-state index contributed by atoms with van der Waals surface area (Å²) in [6.07, 6.45) is 4.34. The topological polar surface area (TPSA) is 42.1 Å². The van der Waals surface area contributed by atoms with Gasteiger partial charge in [-0.25, -0.2) is 0 Å². The number of ether oxygens (including phenoxy) is 1. The summed E-state index contributed by atoms with van der Waals surface area (Å²) >= 11 is 0. The first kappa shape index (κ1) is 8.53. The number of hydrogen-bond donors (Lipinski definition) is 1. The molecule has 0 atom stereocenters. The molecule has 0 amide bonds. The van der Waals surface area contributed by atoms with Crippen molar-refractivity contribution < 1.29 is 4.74 Å². The van der Waals surface area contributed by atoms with E-state index in [2.05, 4.69) is 4.98 Å². The van der Waals surface area contributed by atoms with Crippen LogP contribution in [0, 0.1) is 0 Å². The van der Waals surface area contributed by atoms with Crippen LogP contribution in [0.2, 0.25) is 0 Å². The molecule has 76 valence electrons. The summed E-state index contributed by atoms with van der Waals surface area (Å²) in [6, 6.07) is 7.47. The Morgan fingerprint density at radius 3 is 2.93 bits per heavy atom. The van der Waals surface area contributed by atoms with Crippen LogP contribution in [-0.2, 0) is 0 Å². The Hall–Kier alpha value is -1.77. The Labute approximate surface area is 86.7 Å². The number of aromatic nitrogens is 1. The number of fused-ring (bicyclic) bond motifs is 1. The van der Waals surface area contributed by atoms with E-state index < -0.39 is 0 Å². The van der Waals surface area contributed by atoms with Gasteiger partial charge >= 0.3 is 0 Å². The highest BCUT2D eigenvalue weighted by Gasteiger charge is 2.23. The highest BCUT2D eigenvalue weighted by atomic mass is 16.5. The molecule has 1 aromatic heterocycles. The van der Waals surface area contributed by atoms with Crippen molar-refractivity contribution in [2.24, 2.45) is 0 Å². The first-order chi connectivity index (χ1) is 7.33. The van der Waals surface area contributed by atoms with E-state index in [1.807, 2.05) is 24.3 Å². The lowest BCUT2D eigenvalue weighted by molar-refractivity contribution is 0.303. The van der Waals surface area contributed by atoms with Crippen molar-refractivity contribution in [3.8, 4) is 5.75 Å². The number of H-pyrrole nitrogens is 1. The predicted octanol–water partition coefficient (Wildman–Crippen LogP) is 2.07. The van der Waals surface area contributed by atoms with Crippen molar-refractivity contribution in [1.29, 1.82) is 0 Å². The maximum atomic E-state index is 11.4. The van der Waals surface area contributed by atoms with Crippen LogP contribution in [0.3, 0.4) is 0 Å². The van der Waals surface area contributed by atoms with E-state index in [-0.39, 0.29) is 5.56 Å². The molecule has 15 heavy (non-hydrogen) atoms. The van der Waals surface area contributed by atoms with Crippen molar-refractivity contribution in [2.45, 2.75) is 18.9 Å². The molecule has 0 saturated heterocycles. The third-order valence-electron chi connectivity index (χ3n) is 2.57. The molecule has 0 unspecified atom stereocenters. The van der Waals surface area contributed by atoms with Crippen LogP contribution < -0.4 is 10.3 Å². The van der Waals surface area contributed by atoms with E-state index in [0.717, 1.165) is 24.0 Å². The molecule has 1 N–H and O–H groups in total. The Morgan fingerprint density at radius 1 is 1.27 bits per heavy atom. The molecular formula is C12H11NO2. The van der Waals surface area contributed by atoms with Crippen LogP contribution in [0.5, 0.6) is 5.75 Å². The summed E-state index contributed by atoms with van der Waals surface area (Å²) in [6.45, 7) is 0. The summed E-state index contributed by atoms with van der Waals surface area (Å²) in [4.78, 5) is 14.1. The van der Waals surface area contributed by atoms with E-state index in [1.54, 1.807) is 6.20 Å². The fourth-order valence-electron chi connectivity index (χ4n) is 1.62. The zero-order chi connectivity index (χ0) is 10.3. The molecule has 1 heterocycles. The normalized spacial score (nSPS) is 15.5. The van der Waals surface area contributed by atoms with Gasteiger partial charge in [-0.3, -0.25) is 4.79 Å². The average molecular weight is 201 g/mol. The fraction of sp³-hybridized carbons (Fsp3) is 0.250. The Bertz CT molecular complexity index is 555. The minimum absolute atomic E-state index is 0.0505. The zero-order valence-electron chi connectivity index (χ0n) is 8.19. The third kappa shape index (κ3) is 1.61. The number of nitrogens with one attached hydrogen (secondary N) is 1. The maximum Gasteiger partial charge on any atom is 0.255 e. The van der Waals surface area contributed by atoms with Gasteiger partial charge in [-0.2, -0.15) is 0 Å². The molecular weight excluding hydrogens is 190 g/mol. The number of pyridine rings is 1. The minimum atomic E-state index is -0.0505. The second-order valence-electron chi connectivity index (χ2n) is 3.87. The highest BCUT2D eigenvalue weighted by molar-refractivity contribution is 5.82. The summed E-state index contributed by atoms with van der Waals surface area (Å²) in [5.41, 5.74) is -0.0505. The van der Waals surface area contributed by atoms with Gasteiger partial charge in [0.15, 0.2) is 0 Å². The fourth-order valence-corrected chi connectivity index (χ4v) is 1.62. The molecule has 1 aliphatic rings. The van der Waals surface area contributed by atoms with Crippen molar-refractivity contribution in [2.75, 3.05) is 0 Å².